The third-order valence-corrected chi connectivity index (χ3v) is 5.34. The van der Waals surface area contributed by atoms with Crippen LogP contribution < -0.4 is 4.90 Å². The first-order valence-corrected chi connectivity index (χ1v) is 8.57. The molecular weight excluding hydrogens is 306 g/mol. The van der Waals surface area contributed by atoms with E-state index in [2.05, 4.69) is 32.0 Å². The van der Waals surface area contributed by atoms with Crippen molar-refractivity contribution in [3.63, 3.8) is 0 Å². The van der Waals surface area contributed by atoms with Gasteiger partial charge in [-0.3, -0.25) is 9.59 Å². The molecule has 0 N–H and O–H groups in total. The molecule has 118 valence electrons. The first-order chi connectivity index (χ1) is 11.0. The van der Waals surface area contributed by atoms with Gasteiger partial charge in [-0.25, -0.2) is 0 Å². The van der Waals surface area contributed by atoms with E-state index in [4.69, 9.17) is 0 Å². The van der Waals surface area contributed by atoms with Gasteiger partial charge in [-0.1, -0.05) is 17.7 Å². The Labute approximate surface area is 140 Å². The lowest BCUT2D eigenvalue weighted by Gasteiger charge is -2.10. The largest absolute Gasteiger partial charge is 0.315 e. The maximum absolute atomic E-state index is 12.5. The number of rotatable bonds is 4. The van der Waals surface area contributed by atoms with Crippen molar-refractivity contribution < 1.29 is 9.59 Å². The topological polar surface area (TPSA) is 37.4 Å². The molecule has 0 saturated heterocycles. The van der Waals surface area contributed by atoms with Crippen LogP contribution in [0.3, 0.4) is 0 Å². The Bertz CT molecular complexity index is 798. The Balaban J connectivity index is 1.73. The fourth-order valence-corrected chi connectivity index (χ4v) is 3.75. The Morgan fingerprint density at radius 2 is 1.96 bits per heavy atom. The second-order valence-electron chi connectivity index (χ2n) is 5.95. The summed E-state index contributed by atoms with van der Waals surface area (Å²) in [7, 11) is 1.77. The lowest BCUT2D eigenvalue weighted by molar-refractivity contribution is -0.117. The van der Waals surface area contributed by atoms with Crippen molar-refractivity contribution in [1.82, 2.24) is 0 Å². The van der Waals surface area contributed by atoms with Crippen LogP contribution in [0.2, 0.25) is 0 Å². The second kappa shape index (κ2) is 6.20. The second-order valence-corrected chi connectivity index (χ2v) is 6.97. The molecule has 1 heterocycles. The number of Topliss-reactive ketones (excluding diaryl/α,β-unsaturated/α-hetero) is 1. The van der Waals surface area contributed by atoms with Crippen LogP contribution >= 0.6 is 11.8 Å². The molecule has 1 amide bonds. The minimum absolute atomic E-state index is 0.0781. The maximum atomic E-state index is 12.5. The summed E-state index contributed by atoms with van der Waals surface area (Å²) in [4.78, 5) is 27.0. The van der Waals surface area contributed by atoms with Crippen LogP contribution in [0.15, 0.2) is 41.3 Å². The van der Waals surface area contributed by atoms with Crippen molar-refractivity contribution in [1.29, 1.82) is 0 Å². The zero-order valence-corrected chi connectivity index (χ0v) is 14.4. The van der Waals surface area contributed by atoms with Crippen molar-refractivity contribution in [2.45, 2.75) is 25.2 Å². The summed E-state index contributed by atoms with van der Waals surface area (Å²) < 4.78 is 0. The van der Waals surface area contributed by atoms with Gasteiger partial charge in [0.15, 0.2) is 5.78 Å². The van der Waals surface area contributed by atoms with Crippen molar-refractivity contribution in [2.75, 3.05) is 17.7 Å². The molecule has 4 heteroatoms. The predicted octanol–water partition coefficient (Wildman–Crippen LogP) is 3.80. The molecule has 23 heavy (non-hydrogen) atoms. The normalized spacial score (nSPS) is 13.3. The minimum atomic E-state index is 0.0781. The smallest absolute Gasteiger partial charge is 0.231 e. The number of carbonyl (C=O) groups is 2. The van der Waals surface area contributed by atoms with Crippen LogP contribution in [0.1, 0.15) is 27.0 Å². The summed E-state index contributed by atoms with van der Waals surface area (Å²) in [5, 5.41) is 0. The molecule has 0 bridgehead atoms. The van der Waals surface area contributed by atoms with Gasteiger partial charge in [0.2, 0.25) is 5.91 Å². The van der Waals surface area contributed by atoms with Gasteiger partial charge in [0, 0.05) is 23.2 Å². The van der Waals surface area contributed by atoms with E-state index < -0.39 is 0 Å². The molecule has 0 atom stereocenters. The van der Waals surface area contributed by atoms with Crippen LogP contribution in [0, 0.1) is 13.8 Å². The van der Waals surface area contributed by atoms with Gasteiger partial charge in [0.05, 0.1) is 12.2 Å². The van der Waals surface area contributed by atoms with E-state index in [1.165, 1.54) is 11.1 Å². The van der Waals surface area contributed by atoms with Crippen LogP contribution in [0.25, 0.3) is 0 Å². The minimum Gasteiger partial charge on any atom is -0.315 e. The Hall–Kier alpha value is -2.07. The number of fused-ring (bicyclic) bond motifs is 1. The molecule has 3 nitrogen and oxygen atoms in total. The molecule has 0 saturated carbocycles. The highest BCUT2D eigenvalue weighted by Gasteiger charge is 2.24. The molecule has 0 aliphatic carbocycles. The lowest BCUT2D eigenvalue weighted by Crippen LogP contribution is -2.20. The number of thioether (sulfide) groups is 1. The monoisotopic (exact) mass is 325 g/mol. The van der Waals surface area contributed by atoms with Crippen molar-refractivity contribution in [3.8, 4) is 0 Å². The zero-order chi connectivity index (χ0) is 16.6. The van der Waals surface area contributed by atoms with E-state index >= 15 is 0 Å². The van der Waals surface area contributed by atoms with E-state index in [9.17, 15) is 9.59 Å². The average molecular weight is 325 g/mol. The highest BCUT2D eigenvalue weighted by Crippen LogP contribution is 2.29. The van der Waals surface area contributed by atoms with Gasteiger partial charge >= 0.3 is 0 Å². The molecule has 2 aromatic carbocycles. The van der Waals surface area contributed by atoms with E-state index in [1.807, 2.05) is 18.2 Å². The number of benzene rings is 2. The fourth-order valence-electron chi connectivity index (χ4n) is 2.73. The van der Waals surface area contributed by atoms with Gasteiger partial charge in [-0.2, -0.15) is 0 Å². The number of ketones is 1. The van der Waals surface area contributed by atoms with E-state index in [1.54, 1.807) is 23.7 Å². The number of anilines is 1. The molecule has 0 unspecified atom stereocenters. The van der Waals surface area contributed by atoms with Gasteiger partial charge < -0.3 is 4.90 Å². The number of hydrogen-bond acceptors (Lipinski definition) is 3. The fraction of sp³-hybridized carbons (Fsp3) is 0.263. The Morgan fingerprint density at radius 1 is 1.17 bits per heavy atom. The first-order valence-electron chi connectivity index (χ1n) is 7.58. The molecule has 3 rings (SSSR count). The molecule has 2 aromatic rings. The average Bonchev–Trinajstić information content (AvgIpc) is 2.82. The molecule has 1 aliphatic rings. The number of carbonyl (C=O) groups excluding carboxylic acids is 2. The summed E-state index contributed by atoms with van der Waals surface area (Å²) in [6, 6.07) is 11.8. The SMILES string of the molecule is Cc1ccc(C)c(SCC(=O)c2ccc3c(c2)CC(=O)N3C)c1. The summed E-state index contributed by atoms with van der Waals surface area (Å²) in [6.45, 7) is 4.11. The number of nitrogens with zero attached hydrogens (tertiary/aromatic N) is 1. The van der Waals surface area contributed by atoms with Gasteiger partial charge in [-0.15, -0.1) is 11.8 Å². The van der Waals surface area contributed by atoms with E-state index in [-0.39, 0.29) is 11.7 Å². The molecule has 0 aromatic heterocycles. The Morgan fingerprint density at radius 3 is 2.74 bits per heavy atom. The Kier molecular flexibility index (Phi) is 4.26. The van der Waals surface area contributed by atoms with E-state index in [0.29, 0.717) is 17.7 Å². The number of likely N-dealkylation sites (N-methyl/N-ethyl adjacent to an activating group) is 1. The number of hydrogen-bond donors (Lipinski definition) is 0. The standard InChI is InChI=1S/C19H19NO2S/c1-12-4-5-13(2)18(8-12)23-11-17(21)14-6-7-16-15(9-14)10-19(22)20(16)3/h4-9H,10-11H2,1-3H3. The molecule has 1 aliphatic heterocycles. The van der Waals surface area contributed by atoms with Crippen molar-refractivity contribution >= 4 is 29.1 Å². The molecule has 0 spiro atoms. The summed E-state index contributed by atoms with van der Waals surface area (Å²) in [6.07, 6.45) is 0.386. The number of aryl methyl sites for hydroxylation is 2. The molecular formula is C19H19NO2S. The van der Waals surface area contributed by atoms with Crippen LogP contribution in [0.4, 0.5) is 5.69 Å². The van der Waals surface area contributed by atoms with Gasteiger partial charge in [0.1, 0.15) is 0 Å². The predicted molar refractivity (Wildman–Crippen MR) is 94.5 cm³/mol. The third-order valence-electron chi connectivity index (χ3n) is 4.18. The summed E-state index contributed by atoms with van der Waals surface area (Å²) in [5.74, 6) is 0.586. The van der Waals surface area contributed by atoms with Crippen LogP contribution in [0.5, 0.6) is 0 Å². The zero-order valence-electron chi connectivity index (χ0n) is 13.6. The quantitative estimate of drug-likeness (QED) is 0.634. The highest BCUT2D eigenvalue weighted by atomic mass is 32.2. The highest BCUT2D eigenvalue weighted by molar-refractivity contribution is 8.00. The molecule has 0 radical (unpaired) electrons. The van der Waals surface area contributed by atoms with Crippen molar-refractivity contribution in [3.05, 3.63) is 58.7 Å². The maximum Gasteiger partial charge on any atom is 0.231 e. The van der Waals surface area contributed by atoms with Crippen molar-refractivity contribution in [2.24, 2.45) is 0 Å². The summed E-state index contributed by atoms with van der Waals surface area (Å²) in [5.41, 5.74) is 4.93. The first kappa shape index (κ1) is 15.8. The number of amides is 1. The molecule has 0 fully saturated rings. The van der Waals surface area contributed by atoms with E-state index in [0.717, 1.165) is 16.1 Å². The van der Waals surface area contributed by atoms with Crippen LogP contribution in [-0.2, 0) is 11.2 Å². The van der Waals surface area contributed by atoms with Crippen LogP contribution in [-0.4, -0.2) is 24.5 Å². The van der Waals surface area contributed by atoms with Gasteiger partial charge in [-0.05, 0) is 49.2 Å². The third kappa shape index (κ3) is 3.17. The summed E-state index contributed by atoms with van der Waals surface area (Å²) >= 11 is 1.57. The lowest BCUT2D eigenvalue weighted by atomic mass is 10.1. The van der Waals surface area contributed by atoms with Gasteiger partial charge in [0.25, 0.3) is 0 Å².